The summed E-state index contributed by atoms with van der Waals surface area (Å²) in [5.74, 6) is 0. The van der Waals surface area contributed by atoms with Crippen molar-refractivity contribution in [3.63, 3.8) is 0 Å². The Hall–Kier alpha value is -3.27. The van der Waals surface area contributed by atoms with Crippen molar-refractivity contribution in [2.75, 3.05) is 0 Å². The number of hydrogen-bond donors (Lipinski definition) is 3. The quantitative estimate of drug-likeness (QED) is 0.381. The van der Waals surface area contributed by atoms with Gasteiger partial charge < -0.3 is 15.0 Å². The molecule has 0 saturated carbocycles. The minimum absolute atomic E-state index is 0.952. The summed E-state index contributed by atoms with van der Waals surface area (Å²) in [5.41, 5.74) is 8.25. The van der Waals surface area contributed by atoms with Gasteiger partial charge in [-0.2, -0.15) is 0 Å². The normalized spacial score (nSPS) is 12.2. The van der Waals surface area contributed by atoms with Crippen LogP contribution < -0.4 is 0 Å². The highest BCUT2D eigenvalue weighted by atomic mass is 14.8. The second kappa shape index (κ2) is 4.61. The second-order valence-electron chi connectivity index (χ2n) is 5.71. The Bertz CT molecular complexity index is 1170. The van der Waals surface area contributed by atoms with Gasteiger partial charge in [-0.05, 0) is 66.7 Å². The minimum Gasteiger partial charge on any atom is -0.354 e. The second-order valence-corrected chi connectivity index (χ2v) is 5.71. The lowest BCUT2D eigenvalue weighted by atomic mass is 10.3. The van der Waals surface area contributed by atoms with E-state index in [1.807, 2.05) is 24.3 Å². The third kappa shape index (κ3) is 2.12. The third-order valence-corrected chi connectivity index (χ3v) is 4.10. The number of hydrogen-bond acceptors (Lipinski definition) is 1. The van der Waals surface area contributed by atoms with Gasteiger partial charge in [0.1, 0.15) is 0 Å². The molecule has 0 unspecified atom stereocenters. The van der Waals surface area contributed by atoms with E-state index in [9.17, 15) is 0 Å². The molecule has 0 aliphatic carbocycles. The standard InChI is InChI=1S/C19H14N4/c1-2-13-4-8-17(21-13)19-10-6-15(23-19)11-14-5-9-18(22-14)16-7-3-12(1)20-16/h1-11,20,22-23H. The highest BCUT2D eigenvalue weighted by Gasteiger charge is 2.01. The number of rotatable bonds is 0. The van der Waals surface area contributed by atoms with E-state index < -0.39 is 0 Å². The number of nitrogens with zero attached hydrogens (tertiary/aromatic N) is 1. The van der Waals surface area contributed by atoms with Gasteiger partial charge in [-0.3, -0.25) is 0 Å². The Morgan fingerprint density at radius 3 is 2.00 bits per heavy atom. The Morgan fingerprint density at radius 1 is 0.565 bits per heavy atom. The Labute approximate surface area is 131 Å². The summed E-state index contributed by atoms with van der Waals surface area (Å²) in [4.78, 5) is 14.9. The SMILES string of the molecule is C1=Cc2nc1ccc1ccc([nH]1)c1ccc(cc3ccc2[nH]3)[nH]1. The number of nitrogens with one attached hydrogen (secondary N) is 3. The summed E-state index contributed by atoms with van der Waals surface area (Å²) >= 11 is 0. The van der Waals surface area contributed by atoms with Crippen molar-refractivity contribution >= 4 is 45.3 Å². The third-order valence-electron chi connectivity index (χ3n) is 4.10. The zero-order chi connectivity index (χ0) is 15.2. The van der Waals surface area contributed by atoms with E-state index in [-0.39, 0.29) is 0 Å². The first-order chi connectivity index (χ1) is 11.3. The van der Waals surface area contributed by atoms with Gasteiger partial charge in [-0.1, -0.05) is 0 Å². The van der Waals surface area contributed by atoms with Crippen LogP contribution in [0.4, 0.5) is 0 Å². The first kappa shape index (κ1) is 12.3. The maximum atomic E-state index is 4.65. The fourth-order valence-electron chi connectivity index (χ4n) is 2.93. The molecule has 4 nitrogen and oxygen atoms in total. The van der Waals surface area contributed by atoms with Crippen LogP contribution in [-0.4, -0.2) is 19.9 Å². The summed E-state index contributed by atoms with van der Waals surface area (Å²) < 4.78 is 0. The van der Waals surface area contributed by atoms with Gasteiger partial charge in [0, 0.05) is 16.6 Å². The first-order valence-electron chi connectivity index (χ1n) is 7.58. The lowest BCUT2D eigenvalue weighted by molar-refractivity contribution is 1.32. The molecule has 0 saturated heterocycles. The van der Waals surface area contributed by atoms with E-state index in [1.54, 1.807) is 0 Å². The molecule has 1 aliphatic heterocycles. The van der Waals surface area contributed by atoms with Gasteiger partial charge in [-0.15, -0.1) is 0 Å². The molecular formula is C19H14N4. The van der Waals surface area contributed by atoms with Gasteiger partial charge in [0.15, 0.2) is 0 Å². The molecule has 4 heteroatoms. The largest absolute Gasteiger partial charge is 0.354 e. The highest BCUT2D eigenvalue weighted by Crippen LogP contribution is 2.18. The number of aromatic amines is 3. The van der Waals surface area contributed by atoms with Crippen LogP contribution in [0.1, 0.15) is 11.4 Å². The molecule has 1 aliphatic rings. The molecule has 0 atom stereocenters. The van der Waals surface area contributed by atoms with Crippen LogP contribution in [0, 0.1) is 0 Å². The zero-order valence-corrected chi connectivity index (χ0v) is 12.3. The molecule has 0 amide bonds. The lowest BCUT2D eigenvalue weighted by Crippen LogP contribution is -1.75. The van der Waals surface area contributed by atoms with Crippen LogP contribution in [0.15, 0.2) is 54.6 Å². The average Bonchev–Trinajstić information content (AvgIpc) is 3.32. The van der Waals surface area contributed by atoms with Crippen molar-refractivity contribution in [1.82, 2.24) is 19.9 Å². The number of fused-ring (bicyclic) bond motifs is 10. The molecule has 5 rings (SSSR count). The van der Waals surface area contributed by atoms with E-state index in [0.29, 0.717) is 0 Å². The van der Waals surface area contributed by atoms with Gasteiger partial charge in [0.2, 0.25) is 0 Å². The van der Waals surface area contributed by atoms with Crippen molar-refractivity contribution in [2.45, 2.75) is 0 Å². The van der Waals surface area contributed by atoms with Crippen LogP contribution in [0.3, 0.4) is 0 Å². The molecule has 0 radical (unpaired) electrons. The topological polar surface area (TPSA) is 60.3 Å². The van der Waals surface area contributed by atoms with Crippen LogP contribution in [0.25, 0.3) is 45.3 Å². The molecule has 0 fully saturated rings. The molecule has 4 aromatic heterocycles. The van der Waals surface area contributed by atoms with E-state index >= 15 is 0 Å². The van der Waals surface area contributed by atoms with Crippen molar-refractivity contribution in [3.05, 3.63) is 66.0 Å². The van der Waals surface area contributed by atoms with Gasteiger partial charge >= 0.3 is 0 Å². The van der Waals surface area contributed by atoms with Crippen molar-refractivity contribution in [3.8, 4) is 0 Å². The molecule has 5 heterocycles. The van der Waals surface area contributed by atoms with E-state index in [2.05, 4.69) is 62.4 Å². The lowest BCUT2D eigenvalue weighted by Gasteiger charge is -1.85. The first-order valence-corrected chi connectivity index (χ1v) is 7.58. The molecule has 3 N–H and O–H groups in total. The fourth-order valence-corrected chi connectivity index (χ4v) is 2.93. The predicted octanol–water partition coefficient (Wildman–Crippen LogP) is 4.70. The number of H-pyrrole nitrogens is 3. The summed E-state index contributed by atoms with van der Waals surface area (Å²) in [7, 11) is 0. The van der Waals surface area contributed by atoms with E-state index in [0.717, 1.165) is 44.5 Å². The summed E-state index contributed by atoms with van der Waals surface area (Å²) in [5, 5.41) is 0. The Morgan fingerprint density at radius 2 is 1.17 bits per heavy atom. The van der Waals surface area contributed by atoms with Crippen molar-refractivity contribution < 1.29 is 0 Å². The predicted molar refractivity (Wildman–Crippen MR) is 95.2 cm³/mol. The molecular weight excluding hydrogens is 284 g/mol. The van der Waals surface area contributed by atoms with E-state index in [1.165, 1.54) is 0 Å². The Balaban J connectivity index is 1.93. The van der Waals surface area contributed by atoms with Crippen molar-refractivity contribution in [2.24, 2.45) is 0 Å². The molecule has 8 bridgehead atoms. The smallest absolute Gasteiger partial charge is 0.0872 e. The Kier molecular flexibility index (Phi) is 2.46. The molecule has 110 valence electrons. The van der Waals surface area contributed by atoms with Gasteiger partial charge in [0.05, 0.1) is 27.9 Å². The van der Waals surface area contributed by atoms with Crippen LogP contribution >= 0.6 is 0 Å². The molecule has 0 aromatic carbocycles. The zero-order valence-electron chi connectivity index (χ0n) is 12.3. The van der Waals surface area contributed by atoms with Gasteiger partial charge in [0.25, 0.3) is 0 Å². The minimum atomic E-state index is 0.952. The molecule has 23 heavy (non-hydrogen) atoms. The molecule has 4 aromatic rings. The summed E-state index contributed by atoms with van der Waals surface area (Å²) in [6.07, 6.45) is 4.07. The van der Waals surface area contributed by atoms with E-state index in [4.69, 9.17) is 0 Å². The monoisotopic (exact) mass is 298 g/mol. The number of aromatic nitrogens is 4. The summed E-state index contributed by atoms with van der Waals surface area (Å²) in [6, 6.07) is 18.6. The highest BCUT2D eigenvalue weighted by molar-refractivity contribution is 5.83. The average molecular weight is 298 g/mol. The maximum absolute atomic E-state index is 4.65. The van der Waals surface area contributed by atoms with Gasteiger partial charge in [-0.25, -0.2) is 4.98 Å². The van der Waals surface area contributed by atoms with Crippen molar-refractivity contribution in [1.29, 1.82) is 0 Å². The van der Waals surface area contributed by atoms with Crippen LogP contribution in [0.5, 0.6) is 0 Å². The summed E-state index contributed by atoms with van der Waals surface area (Å²) in [6.45, 7) is 0. The van der Waals surface area contributed by atoms with Crippen LogP contribution in [0.2, 0.25) is 0 Å². The maximum Gasteiger partial charge on any atom is 0.0872 e. The van der Waals surface area contributed by atoms with Crippen LogP contribution in [-0.2, 0) is 0 Å². The fraction of sp³-hybridized carbons (Fsp3) is 0. The molecule has 0 spiro atoms.